The Kier molecular flexibility index (Phi) is 3.83. The number of nitrogens with one attached hydrogen (secondary N) is 2. The third-order valence-corrected chi connectivity index (χ3v) is 3.74. The van der Waals surface area contributed by atoms with E-state index in [0.29, 0.717) is 16.7 Å². The molecule has 25 heavy (non-hydrogen) atoms. The molecule has 124 valence electrons. The van der Waals surface area contributed by atoms with Crippen molar-refractivity contribution in [3.05, 3.63) is 46.3 Å². The molecule has 1 unspecified atom stereocenters. The Morgan fingerprint density at radius 2 is 2.04 bits per heavy atom. The number of aliphatic imine (C=N–C) groups is 1. The Bertz CT molecular complexity index is 963. The van der Waals surface area contributed by atoms with Crippen LogP contribution in [0.2, 0.25) is 0 Å². The van der Waals surface area contributed by atoms with Crippen LogP contribution in [0.4, 0.5) is 21.7 Å². The monoisotopic (exact) mass is 336 g/mol. The van der Waals surface area contributed by atoms with Gasteiger partial charge in [-0.2, -0.15) is 10.5 Å². The van der Waals surface area contributed by atoms with E-state index in [1.165, 1.54) is 12.1 Å². The van der Waals surface area contributed by atoms with Crippen molar-refractivity contribution in [3.63, 3.8) is 0 Å². The Hall–Kier alpha value is -3.85. The number of nitrogen functional groups attached to an aromatic ring is 2. The predicted molar refractivity (Wildman–Crippen MR) is 90.6 cm³/mol. The Morgan fingerprint density at radius 1 is 1.28 bits per heavy atom. The van der Waals surface area contributed by atoms with Gasteiger partial charge in [-0.15, -0.1) is 0 Å². The van der Waals surface area contributed by atoms with Crippen molar-refractivity contribution in [2.24, 2.45) is 4.99 Å². The van der Waals surface area contributed by atoms with Gasteiger partial charge in [0.2, 0.25) is 5.96 Å². The first-order valence-electron chi connectivity index (χ1n) is 7.20. The number of anilines is 3. The highest BCUT2D eigenvalue weighted by molar-refractivity contribution is 5.98. The number of halogens is 1. The van der Waals surface area contributed by atoms with E-state index >= 15 is 0 Å². The highest BCUT2D eigenvalue weighted by Gasteiger charge is 2.29. The quantitative estimate of drug-likeness (QED) is 0.455. The predicted octanol–water partition coefficient (Wildman–Crippen LogP) is 1.51. The first-order chi connectivity index (χ1) is 11.9. The lowest BCUT2D eigenvalue weighted by atomic mass is 9.94. The van der Waals surface area contributed by atoms with Crippen LogP contribution < -0.4 is 22.1 Å². The minimum atomic E-state index is -0.748. The molecular formula is C16H13FN8. The summed E-state index contributed by atoms with van der Waals surface area (Å²) in [7, 11) is 0. The molecule has 0 spiro atoms. The lowest BCUT2D eigenvalue weighted by Crippen LogP contribution is -2.32. The van der Waals surface area contributed by atoms with E-state index in [9.17, 15) is 9.65 Å². The van der Waals surface area contributed by atoms with Gasteiger partial charge in [-0.25, -0.2) is 14.4 Å². The molecule has 0 amide bonds. The van der Waals surface area contributed by atoms with E-state index in [1.807, 2.05) is 6.07 Å². The third kappa shape index (κ3) is 2.75. The first-order valence-corrected chi connectivity index (χ1v) is 7.20. The number of aromatic nitrogens is 1. The molecule has 1 aliphatic rings. The van der Waals surface area contributed by atoms with Gasteiger partial charge in [0.15, 0.2) is 6.19 Å². The zero-order chi connectivity index (χ0) is 18.1. The fourth-order valence-corrected chi connectivity index (χ4v) is 2.74. The molecule has 0 fully saturated rings. The van der Waals surface area contributed by atoms with Crippen LogP contribution in [0.5, 0.6) is 0 Å². The van der Waals surface area contributed by atoms with Gasteiger partial charge in [0.05, 0.1) is 5.69 Å². The topological polar surface area (TPSA) is 149 Å². The first kappa shape index (κ1) is 16.0. The molecule has 0 radical (unpaired) electrons. The number of nitrogens with two attached hydrogens (primary N) is 2. The fourth-order valence-electron chi connectivity index (χ4n) is 2.74. The highest BCUT2D eigenvalue weighted by Crippen LogP contribution is 2.40. The Morgan fingerprint density at radius 3 is 2.68 bits per heavy atom. The zero-order valence-electron chi connectivity index (χ0n) is 13.1. The fraction of sp³-hybridized carbons (Fsp3) is 0.125. The summed E-state index contributed by atoms with van der Waals surface area (Å²) in [6, 6.07) is 5.62. The summed E-state index contributed by atoms with van der Waals surface area (Å²) in [5, 5.41) is 23.3. The number of benzene rings is 1. The molecule has 0 saturated heterocycles. The third-order valence-electron chi connectivity index (χ3n) is 3.74. The van der Waals surface area contributed by atoms with Crippen LogP contribution in [0.15, 0.2) is 23.2 Å². The number of fused-ring (bicyclic) bond motifs is 1. The molecule has 2 aromatic rings. The van der Waals surface area contributed by atoms with Crippen LogP contribution in [0.1, 0.15) is 28.3 Å². The zero-order valence-corrected chi connectivity index (χ0v) is 13.1. The number of guanidine groups is 1. The minimum absolute atomic E-state index is 0.0329. The molecule has 8 nitrogen and oxygen atoms in total. The molecule has 1 atom stereocenters. The minimum Gasteiger partial charge on any atom is -0.397 e. The number of nitriles is 2. The van der Waals surface area contributed by atoms with Gasteiger partial charge in [-0.1, -0.05) is 6.07 Å². The van der Waals surface area contributed by atoms with Crippen LogP contribution >= 0.6 is 0 Å². The Balaban J connectivity index is 2.27. The number of hydrogen-bond acceptors (Lipinski definition) is 8. The molecule has 0 aliphatic carbocycles. The molecular weight excluding hydrogens is 323 g/mol. The normalized spacial score (nSPS) is 15.2. The average molecular weight is 336 g/mol. The second kappa shape index (κ2) is 5.98. The summed E-state index contributed by atoms with van der Waals surface area (Å²) >= 11 is 0. The van der Waals surface area contributed by atoms with Crippen molar-refractivity contribution in [1.29, 1.82) is 10.5 Å². The lowest BCUT2D eigenvalue weighted by molar-refractivity contribution is 0.622. The van der Waals surface area contributed by atoms with Crippen molar-refractivity contribution in [2.45, 2.75) is 13.0 Å². The van der Waals surface area contributed by atoms with Gasteiger partial charge in [-0.3, -0.25) is 5.32 Å². The number of hydrogen-bond donors (Lipinski definition) is 4. The molecule has 1 aromatic carbocycles. The van der Waals surface area contributed by atoms with Crippen LogP contribution in [0, 0.1) is 35.5 Å². The average Bonchev–Trinajstić information content (AvgIpc) is 2.53. The standard InChI is InChI=1S/C16H13FN8/c1-7-2-8(4-9(17)3-7)13-11-12(20)10(5-18)14(21)24-15(11)25-16(23-13)22-6-19/h2-4,13H,1H3,(H6,20,21,22,23,24,25). The van der Waals surface area contributed by atoms with Gasteiger partial charge in [0, 0.05) is 5.56 Å². The van der Waals surface area contributed by atoms with Crippen LogP contribution in [0.25, 0.3) is 0 Å². The molecule has 1 aliphatic heterocycles. The second-order valence-corrected chi connectivity index (χ2v) is 5.46. The number of aryl methyl sites for hydroxylation is 1. The molecule has 9 heteroatoms. The van der Waals surface area contributed by atoms with E-state index < -0.39 is 11.9 Å². The summed E-state index contributed by atoms with van der Waals surface area (Å²) in [4.78, 5) is 8.50. The highest BCUT2D eigenvalue weighted by atomic mass is 19.1. The maximum absolute atomic E-state index is 13.9. The van der Waals surface area contributed by atoms with E-state index in [2.05, 4.69) is 20.6 Å². The summed E-state index contributed by atoms with van der Waals surface area (Å²) in [5.74, 6) is -0.0900. The SMILES string of the molecule is Cc1cc(F)cc(C2N=C(NC#N)Nc3nc(N)c(C#N)c(N)c32)c1. The van der Waals surface area contributed by atoms with Gasteiger partial charge < -0.3 is 16.8 Å². The van der Waals surface area contributed by atoms with Gasteiger partial charge in [-0.05, 0) is 30.2 Å². The molecule has 3 rings (SSSR count). The maximum Gasteiger partial charge on any atom is 0.211 e. The van der Waals surface area contributed by atoms with Gasteiger partial charge in [0.1, 0.15) is 35.1 Å². The van der Waals surface area contributed by atoms with Crippen molar-refractivity contribution in [3.8, 4) is 12.3 Å². The van der Waals surface area contributed by atoms with Crippen LogP contribution in [-0.2, 0) is 0 Å². The number of nitrogens with zero attached hydrogens (tertiary/aromatic N) is 4. The van der Waals surface area contributed by atoms with Crippen molar-refractivity contribution >= 4 is 23.3 Å². The smallest absolute Gasteiger partial charge is 0.211 e. The molecule has 1 aromatic heterocycles. The Labute approximate surface area is 142 Å². The van der Waals surface area contributed by atoms with Gasteiger partial charge >= 0.3 is 0 Å². The van der Waals surface area contributed by atoms with E-state index in [0.717, 1.165) is 0 Å². The summed E-state index contributed by atoms with van der Waals surface area (Å²) in [5.41, 5.74) is 13.6. The van der Waals surface area contributed by atoms with Crippen molar-refractivity contribution < 1.29 is 4.39 Å². The largest absolute Gasteiger partial charge is 0.397 e. The molecule has 6 N–H and O–H groups in total. The summed E-state index contributed by atoms with van der Waals surface area (Å²) in [6.07, 6.45) is 1.75. The van der Waals surface area contributed by atoms with Crippen LogP contribution in [0.3, 0.4) is 0 Å². The van der Waals surface area contributed by atoms with E-state index in [-0.39, 0.29) is 28.8 Å². The van der Waals surface area contributed by atoms with E-state index in [4.69, 9.17) is 16.7 Å². The summed E-state index contributed by atoms with van der Waals surface area (Å²) < 4.78 is 13.9. The molecule has 2 heterocycles. The van der Waals surface area contributed by atoms with Crippen molar-refractivity contribution in [1.82, 2.24) is 10.3 Å². The second-order valence-electron chi connectivity index (χ2n) is 5.46. The maximum atomic E-state index is 13.9. The van der Waals surface area contributed by atoms with Gasteiger partial charge in [0.25, 0.3) is 0 Å². The van der Waals surface area contributed by atoms with Crippen LogP contribution in [-0.4, -0.2) is 10.9 Å². The lowest BCUT2D eigenvalue weighted by Gasteiger charge is -2.26. The summed E-state index contributed by atoms with van der Waals surface area (Å²) in [6.45, 7) is 1.75. The van der Waals surface area contributed by atoms with E-state index in [1.54, 1.807) is 19.2 Å². The van der Waals surface area contributed by atoms with Crippen molar-refractivity contribution in [2.75, 3.05) is 16.8 Å². The molecule has 0 saturated carbocycles. The number of rotatable bonds is 1. The molecule has 0 bridgehead atoms. The number of pyridine rings is 1.